The number of nitrogens with zero attached hydrogens (tertiary/aromatic N) is 2. The Balaban J connectivity index is 1.62. The van der Waals surface area contributed by atoms with Gasteiger partial charge in [-0.05, 0) is 67.9 Å². The van der Waals surface area contributed by atoms with E-state index in [2.05, 4.69) is 29.4 Å². The fraction of sp³-hybridized carbons (Fsp3) is 0.281. The number of rotatable bonds is 11. The van der Waals surface area contributed by atoms with E-state index in [4.69, 9.17) is 4.74 Å². The lowest BCUT2D eigenvalue weighted by Crippen LogP contribution is -2.39. The molecule has 0 bridgehead atoms. The van der Waals surface area contributed by atoms with E-state index in [0.29, 0.717) is 34.6 Å². The number of likely N-dealkylation sites (N-methyl/N-ethyl adjacent to an activating group) is 1. The number of hydrogen-bond acceptors (Lipinski definition) is 6. The van der Waals surface area contributed by atoms with Crippen LogP contribution < -0.4 is 15.5 Å². The predicted octanol–water partition coefficient (Wildman–Crippen LogP) is 5.49. The number of methoxy groups -OCH3 is 1. The van der Waals surface area contributed by atoms with E-state index >= 15 is 0 Å². The van der Waals surface area contributed by atoms with Gasteiger partial charge in [0.1, 0.15) is 0 Å². The van der Waals surface area contributed by atoms with Gasteiger partial charge >= 0.3 is 5.97 Å². The zero-order valence-corrected chi connectivity index (χ0v) is 23.5. The number of amides is 2. The van der Waals surface area contributed by atoms with Crippen molar-refractivity contribution in [1.82, 2.24) is 4.90 Å². The first-order valence-corrected chi connectivity index (χ1v) is 13.6. The second-order valence-electron chi connectivity index (χ2n) is 9.72. The van der Waals surface area contributed by atoms with Crippen molar-refractivity contribution >= 4 is 46.1 Å². The Morgan fingerprint density at radius 2 is 1.57 bits per heavy atom. The average molecular weight is 541 g/mol. The van der Waals surface area contributed by atoms with Crippen molar-refractivity contribution < 1.29 is 19.1 Å². The minimum atomic E-state index is -0.470. The third-order valence-electron chi connectivity index (χ3n) is 6.83. The van der Waals surface area contributed by atoms with E-state index in [-0.39, 0.29) is 11.8 Å². The van der Waals surface area contributed by atoms with Gasteiger partial charge in [-0.25, -0.2) is 4.79 Å². The van der Waals surface area contributed by atoms with Crippen LogP contribution in [0.3, 0.4) is 0 Å². The molecule has 8 heteroatoms. The molecular weight excluding hydrogens is 504 g/mol. The maximum Gasteiger partial charge on any atom is 0.337 e. The summed E-state index contributed by atoms with van der Waals surface area (Å²) in [5.74, 6) is -0.697. The molecule has 0 spiro atoms. The highest BCUT2D eigenvalue weighted by Gasteiger charge is 2.29. The average Bonchev–Trinajstić information content (AvgIpc) is 3.30. The molecule has 0 radical (unpaired) electrons. The fourth-order valence-corrected chi connectivity index (χ4v) is 4.81. The van der Waals surface area contributed by atoms with Crippen molar-refractivity contribution in [1.29, 1.82) is 0 Å². The van der Waals surface area contributed by atoms with Gasteiger partial charge < -0.3 is 20.3 Å². The van der Waals surface area contributed by atoms with Crippen LogP contribution in [0.2, 0.25) is 0 Å². The van der Waals surface area contributed by atoms with Crippen molar-refractivity contribution in [2.75, 3.05) is 49.3 Å². The summed E-state index contributed by atoms with van der Waals surface area (Å²) in [6.45, 7) is 6.42. The minimum Gasteiger partial charge on any atom is -0.465 e. The molecule has 0 atom stereocenters. The van der Waals surface area contributed by atoms with Crippen LogP contribution in [0, 0.1) is 0 Å². The normalized spacial score (nSPS) is 13.5. The van der Waals surface area contributed by atoms with Gasteiger partial charge in [-0.1, -0.05) is 50.2 Å². The number of anilines is 3. The Morgan fingerprint density at radius 3 is 2.20 bits per heavy atom. The second kappa shape index (κ2) is 13.1. The van der Waals surface area contributed by atoms with Gasteiger partial charge in [-0.3, -0.25) is 14.5 Å². The summed E-state index contributed by atoms with van der Waals surface area (Å²) in [4.78, 5) is 42.0. The van der Waals surface area contributed by atoms with Crippen LogP contribution in [-0.2, 0) is 14.3 Å². The number of nitrogens with one attached hydrogen (secondary N) is 2. The summed E-state index contributed by atoms with van der Waals surface area (Å²) in [6, 6.07) is 22.2. The zero-order valence-electron chi connectivity index (χ0n) is 23.5. The van der Waals surface area contributed by atoms with Crippen LogP contribution in [0.5, 0.6) is 0 Å². The lowest BCUT2D eigenvalue weighted by molar-refractivity contribution is -0.119. The van der Waals surface area contributed by atoms with E-state index in [1.807, 2.05) is 54.6 Å². The zero-order chi connectivity index (χ0) is 28.6. The lowest BCUT2D eigenvalue weighted by atomic mass is 9.99. The number of benzene rings is 3. The Labute approximate surface area is 235 Å². The first-order valence-electron chi connectivity index (χ1n) is 13.6. The number of carbonyl (C=O) groups is 3. The van der Waals surface area contributed by atoms with Crippen LogP contribution in [0.25, 0.3) is 11.3 Å². The topological polar surface area (TPSA) is 91.0 Å². The summed E-state index contributed by atoms with van der Waals surface area (Å²) < 4.78 is 4.82. The highest BCUT2D eigenvalue weighted by Crippen LogP contribution is 2.38. The number of fused-ring (bicyclic) bond motifs is 1. The fourth-order valence-electron chi connectivity index (χ4n) is 4.81. The van der Waals surface area contributed by atoms with Gasteiger partial charge in [0.2, 0.25) is 5.91 Å². The molecule has 3 aromatic carbocycles. The quantitative estimate of drug-likeness (QED) is 0.247. The molecule has 40 heavy (non-hydrogen) atoms. The van der Waals surface area contributed by atoms with Gasteiger partial charge in [0.15, 0.2) is 0 Å². The Morgan fingerprint density at radius 1 is 0.900 bits per heavy atom. The van der Waals surface area contributed by atoms with Crippen molar-refractivity contribution in [2.45, 2.75) is 26.7 Å². The third-order valence-corrected chi connectivity index (χ3v) is 6.83. The Hall–Kier alpha value is -4.43. The molecule has 2 amide bonds. The number of ether oxygens (including phenoxy) is 1. The first kappa shape index (κ1) is 28.6. The van der Waals surface area contributed by atoms with E-state index in [1.165, 1.54) is 7.11 Å². The maximum atomic E-state index is 13.2. The molecule has 0 unspecified atom stereocenters. The number of carbonyl (C=O) groups excluding carboxylic acids is 3. The van der Waals surface area contributed by atoms with Crippen LogP contribution >= 0.6 is 0 Å². The summed E-state index contributed by atoms with van der Waals surface area (Å²) in [7, 11) is 3.12. The van der Waals surface area contributed by atoms with Crippen LogP contribution in [0.1, 0.15) is 48.2 Å². The summed E-state index contributed by atoms with van der Waals surface area (Å²) in [5, 5.41) is 6.31. The summed E-state index contributed by atoms with van der Waals surface area (Å²) >= 11 is 0. The molecule has 1 heterocycles. The molecule has 0 fully saturated rings. The Kier molecular flexibility index (Phi) is 9.35. The van der Waals surface area contributed by atoms with Gasteiger partial charge in [-0.2, -0.15) is 0 Å². The van der Waals surface area contributed by atoms with E-state index in [9.17, 15) is 14.4 Å². The standard InChI is InChI=1S/C32H36N4O4/c1-5-18-36(19-6-2)21-28(37)35(3)25-15-13-24(14-16-25)33-30(22-10-8-7-9-11-22)29-26-17-12-23(32(39)40-4)20-27(26)34-31(29)38/h7-17,20,33H,5-6,18-19,21H2,1-4H3,(H,34,38). The van der Waals surface area contributed by atoms with E-state index in [1.54, 1.807) is 30.1 Å². The molecule has 1 aliphatic rings. The summed E-state index contributed by atoms with van der Waals surface area (Å²) in [6.07, 6.45) is 2.01. The third kappa shape index (κ3) is 6.40. The molecule has 0 aliphatic carbocycles. The van der Waals surface area contributed by atoms with Gasteiger partial charge in [0, 0.05) is 24.0 Å². The second-order valence-corrected chi connectivity index (χ2v) is 9.72. The predicted molar refractivity (Wildman–Crippen MR) is 160 cm³/mol. The highest BCUT2D eigenvalue weighted by molar-refractivity contribution is 6.37. The lowest BCUT2D eigenvalue weighted by Gasteiger charge is -2.24. The molecule has 2 N–H and O–H groups in total. The first-order chi connectivity index (χ1) is 19.4. The maximum absolute atomic E-state index is 13.2. The van der Waals surface area contributed by atoms with Gasteiger partial charge in [0.25, 0.3) is 5.91 Å². The largest absolute Gasteiger partial charge is 0.465 e. The van der Waals surface area contributed by atoms with Gasteiger partial charge in [0.05, 0.1) is 36.2 Å². The smallest absolute Gasteiger partial charge is 0.337 e. The molecule has 3 aromatic rings. The van der Waals surface area contributed by atoms with E-state index < -0.39 is 5.97 Å². The minimum absolute atomic E-state index is 0.0419. The molecule has 0 saturated carbocycles. The molecule has 0 saturated heterocycles. The van der Waals surface area contributed by atoms with Crippen molar-refractivity contribution in [3.8, 4) is 0 Å². The molecule has 0 aromatic heterocycles. The van der Waals surface area contributed by atoms with Crippen molar-refractivity contribution in [2.24, 2.45) is 0 Å². The molecule has 4 rings (SSSR count). The summed E-state index contributed by atoms with van der Waals surface area (Å²) in [5.41, 5.74) is 5.09. The Bertz CT molecular complexity index is 1390. The molecule has 8 nitrogen and oxygen atoms in total. The molecular formula is C32H36N4O4. The SMILES string of the molecule is CCCN(CCC)CC(=O)N(C)c1ccc(NC(=C2C(=O)Nc3cc(C(=O)OC)ccc32)c2ccccc2)cc1. The van der Waals surface area contributed by atoms with E-state index in [0.717, 1.165) is 42.9 Å². The highest BCUT2D eigenvalue weighted by atomic mass is 16.5. The number of esters is 1. The van der Waals surface area contributed by atoms with Crippen LogP contribution in [-0.4, -0.2) is 56.5 Å². The van der Waals surface area contributed by atoms with Crippen LogP contribution in [0.15, 0.2) is 72.8 Å². The number of hydrogen-bond donors (Lipinski definition) is 2. The monoisotopic (exact) mass is 540 g/mol. The molecule has 208 valence electrons. The van der Waals surface area contributed by atoms with Crippen LogP contribution in [0.4, 0.5) is 17.1 Å². The van der Waals surface area contributed by atoms with Gasteiger partial charge in [-0.15, -0.1) is 0 Å². The van der Waals surface area contributed by atoms with Crippen molar-refractivity contribution in [3.05, 3.63) is 89.5 Å². The molecule has 1 aliphatic heterocycles. The van der Waals surface area contributed by atoms with Crippen molar-refractivity contribution in [3.63, 3.8) is 0 Å².